The zero-order valence-corrected chi connectivity index (χ0v) is 15.6. The fourth-order valence-corrected chi connectivity index (χ4v) is 3.78. The van der Waals surface area contributed by atoms with Gasteiger partial charge in [0.15, 0.2) is 11.5 Å². The number of amides is 1. The summed E-state index contributed by atoms with van der Waals surface area (Å²) in [5.41, 5.74) is 3.62. The number of fused-ring (bicyclic) bond motifs is 1. The van der Waals surface area contributed by atoms with Crippen LogP contribution >= 0.6 is 0 Å². The van der Waals surface area contributed by atoms with Gasteiger partial charge >= 0.3 is 0 Å². The number of likely N-dealkylation sites (tertiary alicyclic amines) is 1. The second-order valence-corrected chi connectivity index (χ2v) is 7.17. The van der Waals surface area contributed by atoms with E-state index in [1.807, 2.05) is 76.0 Å². The summed E-state index contributed by atoms with van der Waals surface area (Å²) in [6.07, 6.45) is 8.35. The Bertz CT molecular complexity index is 1150. The van der Waals surface area contributed by atoms with Crippen molar-refractivity contribution >= 4 is 11.6 Å². The molecule has 0 aliphatic carbocycles. The Morgan fingerprint density at radius 3 is 2.86 bits per heavy atom. The monoisotopic (exact) mass is 372 g/mol. The van der Waals surface area contributed by atoms with Crippen molar-refractivity contribution in [3.63, 3.8) is 0 Å². The van der Waals surface area contributed by atoms with Gasteiger partial charge in [-0.05, 0) is 36.8 Å². The van der Waals surface area contributed by atoms with Crippen molar-refractivity contribution in [3.05, 3.63) is 72.7 Å². The Morgan fingerprint density at radius 1 is 1.14 bits per heavy atom. The highest BCUT2D eigenvalue weighted by atomic mass is 16.2. The fraction of sp³-hybridized carbons (Fsp3) is 0.238. The smallest absolute Gasteiger partial charge is 0.270 e. The van der Waals surface area contributed by atoms with Crippen LogP contribution in [0.25, 0.3) is 16.8 Å². The van der Waals surface area contributed by atoms with E-state index in [-0.39, 0.29) is 11.8 Å². The van der Waals surface area contributed by atoms with E-state index in [9.17, 15) is 4.79 Å². The lowest BCUT2D eigenvalue weighted by molar-refractivity contribution is 0.0781. The zero-order chi connectivity index (χ0) is 19.1. The molecular weight excluding hydrogens is 352 g/mol. The topological polar surface area (TPSA) is 68.3 Å². The van der Waals surface area contributed by atoms with E-state index in [1.165, 1.54) is 0 Å². The van der Waals surface area contributed by atoms with E-state index >= 15 is 0 Å². The molecule has 5 rings (SSSR count). The zero-order valence-electron chi connectivity index (χ0n) is 15.6. The summed E-state index contributed by atoms with van der Waals surface area (Å²) in [6, 6.07) is 11.7. The predicted octanol–water partition coefficient (Wildman–Crippen LogP) is 2.76. The first-order valence-corrected chi connectivity index (χ1v) is 9.36. The minimum Gasteiger partial charge on any atom is -0.347 e. The second kappa shape index (κ2) is 6.60. The Labute approximate surface area is 162 Å². The SMILES string of the molecule is Cn1cccc1C(=O)N1CCC(c2nc3ccc(-c4cccnc4)cn3n2)C1. The van der Waals surface area contributed by atoms with E-state index in [0.717, 1.165) is 35.6 Å². The van der Waals surface area contributed by atoms with Crippen molar-refractivity contribution in [3.8, 4) is 11.1 Å². The van der Waals surface area contributed by atoms with Gasteiger partial charge < -0.3 is 9.47 Å². The number of aryl methyl sites for hydroxylation is 1. The molecule has 1 unspecified atom stereocenters. The van der Waals surface area contributed by atoms with Crippen LogP contribution in [-0.2, 0) is 7.05 Å². The lowest BCUT2D eigenvalue weighted by Gasteiger charge is -2.16. The highest BCUT2D eigenvalue weighted by molar-refractivity contribution is 5.93. The first kappa shape index (κ1) is 16.7. The number of carbonyl (C=O) groups excluding carboxylic acids is 1. The lowest BCUT2D eigenvalue weighted by atomic mass is 10.1. The molecule has 1 atom stereocenters. The molecule has 1 amide bonds. The minimum atomic E-state index is 0.0672. The standard InChI is InChI=1S/C21H20N6O/c1-25-10-3-5-18(25)21(28)26-11-8-17(13-26)20-23-19-7-6-16(14-27(19)24-20)15-4-2-9-22-12-15/h2-7,9-10,12,14,17H,8,11,13H2,1H3. The number of rotatable bonds is 3. The number of nitrogens with zero attached hydrogens (tertiary/aromatic N) is 6. The van der Waals surface area contributed by atoms with E-state index in [0.29, 0.717) is 12.2 Å². The molecule has 4 aromatic heterocycles. The molecule has 0 aromatic carbocycles. The molecule has 0 saturated carbocycles. The predicted molar refractivity (Wildman–Crippen MR) is 105 cm³/mol. The van der Waals surface area contributed by atoms with Crippen molar-refractivity contribution in [1.82, 2.24) is 29.0 Å². The average Bonchev–Trinajstić information content (AvgIpc) is 3.46. The quantitative estimate of drug-likeness (QED) is 0.555. The van der Waals surface area contributed by atoms with Crippen LogP contribution in [-0.4, -0.2) is 48.0 Å². The first-order chi connectivity index (χ1) is 13.7. The number of hydrogen-bond acceptors (Lipinski definition) is 4. The molecular formula is C21H20N6O. The van der Waals surface area contributed by atoms with Crippen LogP contribution in [0.15, 0.2) is 61.2 Å². The highest BCUT2D eigenvalue weighted by Gasteiger charge is 2.31. The Morgan fingerprint density at radius 2 is 2.07 bits per heavy atom. The third-order valence-corrected chi connectivity index (χ3v) is 5.35. The molecule has 0 bridgehead atoms. The molecule has 140 valence electrons. The molecule has 28 heavy (non-hydrogen) atoms. The van der Waals surface area contributed by atoms with Crippen molar-refractivity contribution in [1.29, 1.82) is 0 Å². The molecule has 0 N–H and O–H groups in total. The Kier molecular flexibility index (Phi) is 3.93. The largest absolute Gasteiger partial charge is 0.347 e. The van der Waals surface area contributed by atoms with Gasteiger partial charge in [0.25, 0.3) is 5.91 Å². The number of carbonyl (C=O) groups is 1. The van der Waals surface area contributed by atoms with Crippen LogP contribution < -0.4 is 0 Å². The van der Waals surface area contributed by atoms with Crippen LogP contribution in [0.3, 0.4) is 0 Å². The van der Waals surface area contributed by atoms with Gasteiger partial charge in [0.05, 0.1) is 0 Å². The van der Waals surface area contributed by atoms with E-state index in [1.54, 1.807) is 6.20 Å². The van der Waals surface area contributed by atoms with Gasteiger partial charge in [0.1, 0.15) is 5.69 Å². The summed E-state index contributed by atoms with van der Waals surface area (Å²) < 4.78 is 3.68. The molecule has 7 nitrogen and oxygen atoms in total. The molecule has 1 saturated heterocycles. The number of pyridine rings is 2. The van der Waals surface area contributed by atoms with Gasteiger partial charge in [-0.15, -0.1) is 0 Å². The molecule has 1 fully saturated rings. The van der Waals surface area contributed by atoms with Crippen LogP contribution in [0.4, 0.5) is 0 Å². The van der Waals surface area contributed by atoms with Gasteiger partial charge in [0, 0.05) is 62.0 Å². The van der Waals surface area contributed by atoms with Gasteiger partial charge in [-0.1, -0.05) is 6.07 Å². The normalized spacial score (nSPS) is 16.8. The van der Waals surface area contributed by atoms with Gasteiger partial charge in [-0.25, -0.2) is 9.50 Å². The fourth-order valence-electron chi connectivity index (χ4n) is 3.78. The van der Waals surface area contributed by atoms with Crippen molar-refractivity contribution < 1.29 is 4.79 Å². The molecule has 7 heteroatoms. The maximum absolute atomic E-state index is 12.7. The van der Waals surface area contributed by atoms with Crippen LogP contribution in [0.5, 0.6) is 0 Å². The van der Waals surface area contributed by atoms with E-state index in [4.69, 9.17) is 10.1 Å². The van der Waals surface area contributed by atoms with Gasteiger partial charge in [-0.2, -0.15) is 5.10 Å². The van der Waals surface area contributed by atoms with Gasteiger partial charge in [-0.3, -0.25) is 9.78 Å². The maximum Gasteiger partial charge on any atom is 0.270 e. The summed E-state index contributed by atoms with van der Waals surface area (Å²) in [5.74, 6) is 1.02. The van der Waals surface area contributed by atoms with Crippen LogP contribution in [0.1, 0.15) is 28.7 Å². The first-order valence-electron chi connectivity index (χ1n) is 9.36. The Hall–Kier alpha value is -3.48. The third-order valence-electron chi connectivity index (χ3n) is 5.35. The molecule has 0 radical (unpaired) electrons. The molecule has 1 aliphatic rings. The highest BCUT2D eigenvalue weighted by Crippen LogP contribution is 2.27. The second-order valence-electron chi connectivity index (χ2n) is 7.17. The van der Waals surface area contributed by atoms with Crippen LogP contribution in [0, 0.1) is 0 Å². The summed E-state index contributed by atoms with van der Waals surface area (Å²) in [4.78, 5) is 23.5. The number of hydrogen-bond donors (Lipinski definition) is 0. The Balaban J connectivity index is 1.38. The lowest BCUT2D eigenvalue weighted by Crippen LogP contribution is -2.30. The van der Waals surface area contributed by atoms with E-state index < -0.39 is 0 Å². The number of aromatic nitrogens is 5. The molecule has 4 aromatic rings. The summed E-state index contributed by atoms with van der Waals surface area (Å²) in [6.45, 7) is 1.38. The third kappa shape index (κ3) is 2.85. The maximum atomic E-state index is 12.7. The minimum absolute atomic E-state index is 0.0672. The van der Waals surface area contributed by atoms with E-state index in [2.05, 4.69) is 4.98 Å². The molecule has 0 spiro atoms. The molecule has 5 heterocycles. The summed E-state index contributed by atoms with van der Waals surface area (Å²) in [5, 5.41) is 4.70. The summed E-state index contributed by atoms with van der Waals surface area (Å²) in [7, 11) is 1.89. The van der Waals surface area contributed by atoms with Crippen molar-refractivity contribution in [2.45, 2.75) is 12.3 Å². The summed E-state index contributed by atoms with van der Waals surface area (Å²) >= 11 is 0. The van der Waals surface area contributed by atoms with Crippen LogP contribution in [0.2, 0.25) is 0 Å². The van der Waals surface area contributed by atoms with Gasteiger partial charge in [0.2, 0.25) is 0 Å². The van der Waals surface area contributed by atoms with Crippen molar-refractivity contribution in [2.24, 2.45) is 7.05 Å². The average molecular weight is 372 g/mol. The molecule has 1 aliphatic heterocycles. The van der Waals surface area contributed by atoms with Crippen molar-refractivity contribution in [2.75, 3.05) is 13.1 Å².